The van der Waals surface area contributed by atoms with E-state index in [9.17, 15) is 4.79 Å². The van der Waals surface area contributed by atoms with Gasteiger partial charge in [0.2, 0.25) is 0 Å². The molecule has 1 amide bonds. The second-order valence-corrected chi connectivity index (χ2v) is 7.58. The van der Waals surface area contributed by atoms with E-state index in [1.165, 1.54) is 31.4 Å². The van der Waals surface area contributed by atoms with Crippen molar-refractivity contribution in [1.29, 1.82) is 0 Å². The Morgan fingerprint density at radius 1 is 1.08 bits per heavy atom. The molecule has 0 spiro atoms. The molecule has 3 nitrogen and oxygen atoms in total. The zero-order chi connectivity index (χ0) is 17.2. The number of hydrogen-bond acceptors (Lipinski definition) is 2. The summed E-state index contributed by atoms with van der Waals surface area (Å²) in [5.41, 5.74) is 3.22. The first-order valence-electron chi connectivity index (χ1n) is 9.33. The first-order valence-corrected chi connectivity index (χ1v) is 9.33. The van der Waals surface area contributed by atoms with E-state index in [1.807, 2.05) is 42.5 Å². The van der Waals surface area contributed by atoms with Crippen molar-refractivity contribution in [2.75, 3.05) is 13.6 Å². The molecule has 2 saturated carbocycles. The van der Waals surface area contributed by atoms with Crippen molar-refractivity contribution in [3.05, 3.63) is 71.3 Å². The predicted molar refractivity (Wildman–Crippen MR) is 101 cm³/mol. The van der Waals surface area contributed by atoms with Crippen LogP contribution in [0.4, 0.5) is 0 Å². The van der Waals surface area contributed by atoms with Crippen LogP contribution in [0, 0.1) is 5.92 Å². The molecule has 2 aromatic carbocycles. The van der Waals surface area contributed by atoms with Gasteiger partial charge in [0.1, 0.15) is 0 Å². The fourth-order valence-corrected chi connectivity index (χ4v) is 3.63. The van der Waals surface area contributed by atoms with Gasteiger partial charge >= 0.3 is 0 Å². The predicted octanol–water partition coefficient (Wildman–Crippen LogP) is 3.81. The second kappa shape index (κ2) is 7.01. The van der Waals surface area contributed by atoms with Crippen molar-refractivity contribution in [2.24, 2.45) is 5.92 Å². The average Bonchev–Trinajstić information content (AvgIpc) is 3.55. The Balaban J connectivity index is 1.30. The van der Waals surface area contributed by atoms with E-state index >= 15 is 0 Å². The Morgan fingerprint density at radius 2 is 1.80 bits per heavy atom. The number of benzene rings is 2. The third kappa shape index (κ3) is 4.10. The largest absolute Gasteiger partial charge is 0.348 e. The maximum atomic E-state index is 12.3. The number of likely N-dealkylation sites (N-methyl/N-ethyl adjacent to an activating group) is 1. The van der Waals surface area contributed by atoms with Gasteiger partial charge in [-0.05, 0) is 55.5 Å². The van der Waals surface area contributed by atoms with E-state index in [2.05, 4.69) is 29.4 Å². The number of nitrogens with one attached hydrogen (secondary N) is 1. The molecule has 0 radical (unpaired) electrons. The second-order valence-electron chi connectivity index (χ2n) is 7.58. The van der Waals surface area contributed by atoms with Gasteiger partial charge in [-0.3, -0.25) is 4.79 Å². The Labute approximate surface area is 150 Å². The monoisotopic (exact) mass is 334 g/mol. The van der Waals surface area contributed by atoms with Crippen LogP contribution in [-0.2, 0) is 6.54 Å². The van der Waals surface area contributed by atoms with Crippen molar-refractivity contribution in [1.82, 2.24) is 10.2 Å². The summed E-state index contributed by atoms with van der Waals surface area (Å²) >= 11 is 0. The molecule has 1 N–H and O–H groups in total. The highest BCUT2D eigenvalue weighted by molar-refractivity contribution is 5.94. The maximum Gasteiger partial charge on any atom is 0.251 e. The third-order valence-corrected chi connectivity index (χ3v) is 5.46. The minimum absolute atomic E-state index is 0.00592. The smallest absolute Gasteiger partial charge is 0.251 e. The van der Waals surface area contributed by atoms with Crippen molar-refractivity contribution in [3.63, 3.8) is 0 Å². The molecule has 2 aliphatic carbocycles. The van der Waals surface area contributed by atoms with Gasteiger partial charge in [0.05, 0.1) is 0 Å². The van der Waals surface area contributed by atoms with Crippen LogP contribution in [0.1, 0.15) is 46.7 Å². The molecule has 2 atom stereocenters. The first-order chi connectivity index (χ1) is 12.2. The Morgan fingerprint density at radius 3 is 2.48 bits per heavy atom. The molecule has 4 rings (SSSR count). The molecule has 3 heteroatoms. The minimum Gasteiger partial charge on any atom is -0.348 e. The molecule has 0 saturated heterocycles. The third-order valence-electron chi connectivity index (χ3n) is 5.46. The van der Waals surface area contributed by atoms with Crippen molar-refractivity contribution < 1.29 is 4.79 Å². The molecular formula is C22H26N2O. The van der Waals surface area contributed by atoms with Gasteiger partial charge < -0.3 is 10.2 Å². The Kier molecular flexibility index (Phi) is 4.58. The standard InChI is InChI=1S/C22H26N2O/c1-24(15-17-7-8-17)21-13-20(21)18-9-11-19(12-10-18)22(25)23-14-16-5-3-2-4-6-16/h2-6,9-12,17,20-21H,7-8,13-15H2,1H3,(H,23,25). The Hall–Kier alpha value is -2.13. The highest BCUT2D eigenvalue weighted by atomic mass is 16.1. The van der Waals surface area contributed by atoms with Crippen LogP contribution < -0.4 is 5.32 Å². The topological polar surface area (TPSA) is 32.3 Å². The van der Waals surface area contributed by atoms with Crippen LogP contribution in [0.3, 0.4) is 0 Å². The van der Waals surface area contributed by atoms with Crippen LogP contribution in [0.5, 0.6) is 0 Å². The Bertz CT molecular complexity index is 721. The fraction of sp³-hybridized carbons (Fsp3) is 0.409. The van der Waals surface area contributed by atoms with E-state index < -0.39 is 0 Å². The van der Waals surface area contributed by atoms with Gasteiger partial charge in [0, 0.05) is 30.6 Å². The zero-order valence-corrected chi connectivity index (χ0v) is 14.8. The van der Waals surface area contributed by atoms with Crippen LogP contribution in [-0.4, -0.2) is 30.4 Å². The molecular weight excluding hydrogens is 308 g/mol. The lowest BCUT2D eigenvalue weighted by Crippen LogP contribution is -2.24. The quantitative estimate of drug-likeness (QED) is 0.835. The first kappa shape index (κ1) is 16.3. The molecule has 2 aromatic rings. The number of amides is 1. The van der Waals surface area contributed by atoms with Gasteiger partial charge in [-0.1, -0.05) is 42.5 Å². The highest BCUT2D eigenvalue weighted by Crippen LogP contribution is 2.45. The summed E-state index contributed by atoms with van der Waals surface area (Å²) in [6.07, 6.45) is 4.08. The van der Waals surface area contributed by atoms with Crippen LogP contribution in [0.25, 0.3) is 0 Å². The normalized spacial score (nSPS) is 22.0. The molecule has 0 bridgehead atoms. The molecule has 25 heavy (non-hydrogen) atoms. The van der Waals surface area contributed by atoms with E-state index in [0.29, 0.717) is 18.5 Å². The van der Waals surface area contributed by atoms with Crippen molar-refractivity contribution in [2.45, 2.75) is 37.8 Å². The lowest BCUT2D eigenvalue weighted by Gasteiger charge is -2.16. The van der Waals surface area contributed by atoms with Crippen molar-refractivity contribution in [3.8, 4) is 0 Å². The van der Waals surface area contributed by atoms with E-state index in [4.69, 9.17) is 0 Å². The number of rotatable bonds is 7. The number of carbonyl (C=O) groups is 1. The summed E-state index contributed by atoms with van der Waals surface area (Å²) in [4.78, 5) is 14.8. The summed E-state index contributed by atoms with van der Waals surface area (Å²) in [7, 11) is 2.26. The summed E-state index contributed by atoms with van der Waals surface area (Å²) < 4.78 is 0. The molecule has 2 fully saturated rings. The molecule has 2 aliphatic rings. The highest BCUT2D eigenvalue weighted by Gasteiger charge is 2.42. The molecule has 130 valence electrons. The zero-order valence-electron chi connectivity index (χ0n) is 14.8. The summed E-state index contributed by atoms with van der Waals surface area (Å²) in [5.74, 6) is 1.58. The summed E-state index contributed by atoms with van der Waals surface area (Å²) in [6.45, 7) is 1.82. The van der Waals surface area contributed by atoms with Crippen molar-refractivity contribution >= 4 is 5.91 Å². The molecule has 0 aliphatic heterocycles. The fourth-order valence-electron chi connectivity index (χ4n) is 3.63. The van der Waals surface area contributed by atoms with Gasteiger partial charge in [0.25, 0.3) is 5.91 Å². The summed E-state index contributed by atoms with van der Waals surface area (Å²) in [6, 6.07) is 18.9. The minimum atomic E-state index is -0.00592. The molecule has 0 heterocycles. The summed E-state index contributed by atoms with van der Waals surface area (Å²) in [5, 5.41) is 2.99. The number of hydrogen-bond donors (Lipinski definition) is 1. The molecule has 2 unspecified atom stereocenters. The van der Waals surface area contributed by atoms with Crippen LogP contribution in [0.2, 0.25) is 0 Å². The van der Waals surface area contributed by atoms with Gasteiger partial charge in [-0.2, -0.15) is 0 Å². The molecule has 0 aromatic heterocycles. The average molecular weight is 334 g/mol. The SMILES string of the molecule is CN(CC1CC1)C1CC1c1ccc(C(=O)NCc2ccccc2)cc1. The lowest BCUT2D eigenvalue weighted by atomic mass is 10.1. The van der Waals surface area contributed by atoms with E-state index in [1.54, 1.807) is 0 Å². The van der Waals surface area contributed by atoms with Gasteiger partial charge in [0.15, 0.2) is 0 Å². The van der Waals surface area contributed by atoms with E-state index in [0.717, 1.165) is 17.0 Å². The van der Waals surface area contributed by atoms with E-state index in [-0.39, 0.29) is 5.91 Å². The van der Waals surface area contributed by atoms with Crippen LogP contribution in [0.15, 0.2) is 54.6 Å². The van der Waals surface area contributed by atoms with Gasteiger partial charge in [-0.15, -0.1) is 0 Å². The van der Waals surface area contributed by atoms with Gasteiger partial charge in [-0.25, -0.2) is 0 Å². The maximum absolute atomic E-state index is 12.3. The lowest BCUT2D eigenvalue weighted by molar-refractivity contribution is 0.0951. The number of nitrogens with zero attached hydrogens (tertiary/aromatic N) is 1. The number of carbonyl (C=O) groups excluding carboxylic acids is 1. The van der Waals surface area contributed by atoms with Crippen LogP contribution >= 0.6 is 0 Å².